The summed E-state index contributed by atoms with van der Waals surface area (Å²) in [5, 5.41) is 7.72. The minimum atomic E-state index is -0.843. The lowest BCUT2D eigenvalue weighted by Gasteiger charge is -2.16. The molecule has 8 nitrogen and oxygen atoms in total. The molecule has 0 unspecified atom stereocenters. The standard InChI is InChI=1S/C32H25N3O5/c1-3-38-32(37)20(2)39-28-17-16-21-10-4-6-12-23(21)25(28)19-33-35-30(29-18-22-11-5-9-15-27(22)40-29)34-26-14-8-7-13-24(26)31(35)36/h4-20H,3H2,1-2H3/t20-/m0/s1. The van der Waals surface area contributed by atoms with E-state index in [1.54, 1.807) is 44.3 Å². The highest BCUT2D eigenvalue weighted by Gasteiger charge is 2.20. The van der Waals surface area contributed by atoms with Crippen molar-refractivity contribution >= 4 is 44.8 Å². The second-order valence-corrected chi connectivity index (χ2v) is 9.17. The molecule has 0 spiro atoms. The fraction of sp³-hybridized carbons (Fsp3) is 0.125. The smallest absolute Gasteiger partial charge is 0.347 e. The maximum atomic E-state index is 13.7. The van der Waals surface area contributed by atoms with Crippen molar-refractivity contribution in [1.82, 2.24) is 9.66 Å². The van der Waals surface area contributed by atoms with Crippen molar-refractivity contribution in [1.29, 1.82) is 0 Å². The Bertz CT molecular complexity index is 1940. The van der Waals surface area contributed by atoms with Crippen LogP contribution in [-0.2, 0) is 9.53 Å². The van der Waals surface area contributed by atoms with Gasteiger partial charge in [-0.3, -0.25) is 4.79 Å². The molecule has 0 saturated heterocycles. The molecule has 2 heterocycles. The lowest BCUT2D eigenvalue weighted by Crippen LogP contribution is -2.26. The van der Waals surface area contributed by atoms with E-state index in [1.165, 1.54) is 4.68 Å². The Labute approximate surface area is 229 Å². The maximum absolute atomic E-state index is 13.7. The van der Waals surface area contributed by atoms with Crippen molar-refractivity contribution in [2.45, 2.75) is 20.0 Å². The number of para-hydroxylation sites is 2. The van der Waals surface area contributed by atoms with Gasteiger partial charge in [-0.25, -0.2) is 9.78 Å². The fourth-order valence-corrected chi connectivity index (χ4v) is 4.61. The van der Waals surface area contributed by atoms with Crippen LogP contribution in [-0.4, -0.2) is 34.6 Å². The molecule has 0 amide bonds. The zero-order chi connectivity index (χ0) is 27.6. The predicted octanol–water partition coefficient (Wildman–Crippen LogP) is 6.18. The van der Waals surface area contributed by atoms with Crippen molar-refractivity contribution in [3.63, 3.8) is 0 Å². The Morgan fingerprint density at radius 1 is 0.975 bits per heavy atom. The molecule has 0 aliphatic carbocycles. The average molecular weight is 532 g/mol. The summed E-state index contributed by atoms with van der Waals surface area (Å²) in [6, 6.07) is 28.0. The maximum Gasteiger partial charge on any atom is 0.347 e. The molecule has 2 aromatic heterocycles. The molecule has 198 valence electrons. The third kappa shape index (κ3) is 4.60. The SMILES string of the molecule is CCOC(=O)[C@H](C)Oc1ccc2ccccc2c1C=Nn1c(-c2cc3ccccc3o2)nc2ccccc2c1=O. The molecule has 0 fully saturated rings. The van der Waals surface area contributed by atoms with E-state index in [-0.39, 0.29) is 18.0 Å². The van der Waals surface area contributed by atoms with E-state index in [0.29, 0.717) is 33.6 Å². The van der Waals surface area contributed by atoms with Crippen molar-refractivity contribution in [2.24, 2.45) is 5.10 Å². The Kier molecular flexibility index (Phi) is 6.57. The molecule has 4 aromatic carbocycles. The second kappa shape index (κ2) is 10.5. The van der Waals surface area contributed by atoms with Gasteiger partial charge in [0.2, 0.25) is 5.82 Å². The summed E-state index contributed by atoms with van der Waals surface area (Å²) in [6.07, 6.45) is 0.712. The van der Waals surface area contributed by atoms with Crippen molar-refractivity contribution in [3.8, 4) is 17.3 Å². The zero-order valence-corrected chi connectivity index (χ0v) is 21.9. The highest BCUT2D eigenvalue weighted by atomic mass is 16.6. The summed E-state index contributed by atoms with van der Waals surface area (Å²) in [5.41, 5.74) is 1.46. The number of hydrogen-bond acceptors (Lipinski definition) is 7. The largest absolute Gasteiger partial charge is 0.478 e. The number of nitrogens with zero attached hydrogens (tertiary/aromatic N) is 3. The number of furan rings is 1. The third-order valence-corrected chi connectivity index (χ3v) is 6.55. The second-order valence-electron chi connectivity index (χ2n) is 9.17. The summed E-state index contributed by atoms with van der Waals surface area (Å²) in [7, 11) is 0. The highest BCUT2D eigenvalue weighted by Crippen LogP contribution is 2.29. The molecule has 0 saturated carbocycles. The number of carbonyl (C=O) groups excluding carboxylic acids is 1. The minimum absolute atomic E-state index is 0.251. The number of rotatable bonds is 7. The Morgan fingerprint density at radius 2 is 1.70 bits per heavy atom. The molecule has 0 N–H and O–H groups in total. The molecule has 1 atom stereocenters. The summed E-state index contributed by atoms with van der Waals surface area (Å²) >= 11 is 0. The molecule has 8 heteroatoms. The topological polar surface area (TPSA) is 95.9 Å². The van der Waals surface area contributed by atoms with E-state index >= 15 is 0 Å². The minimum Gasteiger partial charge on any atom is -0.478 e. The summed E-state index contributed by atoms with van der Waals surface area (Å²) < 4.78 is 18.5. The summed E-state index contributed by atoms with van der Waals surface area (Å²) in [4.78, 5) is 30.8. The van der Waals surface area contributed by atoms with E-state index < -0.39 is 12.1 Å². The highest BCUT2D eigenvalue weighted by molar-refractivity contribution is 6.02. The quantitative estimate of drug-likeness (QED) is 0.180. The Balaban J connectivity index is 1.53. The number of fused-ring (bicyclic) bond motifs is 3. The van der Waals surface area contributed by atoms with Crippen LogP contribution in [0.5, 0.6) is 5.75 Å². The molecule has 40 heavy (non-hydrogen) atoms. The molecular weight excluding hydrogens is 506 g/mol. The number of aromatic nitrogens is 2. The molecule has 0 bridgehead atoms. The summed E-state index contributed by atoms with van der Waals surface area (Å²) in [6.45, 7) is 3.63. The van der Waals surface area contributed by atoms with Crippen LogP contribution in [0.25, 0.3) is 44.2 Å². The fourth-order valence-electron chi connectivity index (χ4n) is 4.61. The molecule has 0 aliphatic heterocycles. The first-order valence-corrected chi connectivity index (χ1v) is 12.9. The first-order chi connectivity index (χ1) is 19.5. The van der Waals surface area contributed by atoms with Crippen LogP contribution in [0.15, 0.2) is 105 Å². The van der Waals surface area contributed by atoms with Gasteiger partial charge in [0.25, 0.3) is 5.56 Å². The monoisotopic (exact) mass is 531 g/mol. The van der Waals surface area contributed by atoms with E-state index in [4.69, 9.17) is 18.9 Å². The number of carbonyl (C=O) groups is 1. The normalized spacial score (nSPS) is 12.3. The van der Waals surface area contributed by atoms with Crippen LogP contribution in [0.1, 0.15) is 19.4 Å². The van der Waals surface area contributed by atoms with Gasteiger partial charge in [-0.2, -0.15) is 9.78 Å². The van der Waals surface area contributed by atoms with Crippen LogP contribution in [0.2, 0.25) is 0 Å². The first-order valence-electron chi connectivity index (χ1n) is 12.9. The van der Waals surface area contributed by atoms with Crippen molar-refractivity contribution in [3.05, 3.63) is 107 Å². The number of esters is 1. The van der Waals surface area contributed by atoms with Crippen LogP contribution in [0.4, 0.5) is 0 Å². The lowest BCUT2D eigenvalue weighted by molar-refractivity contribution is -0.150. The Hall–Kier alpha value is -5.24. The molecule has 6 aromatic rings. The number of benzene rings is 4. The van der Waals surface area contributed by atoms with Gasteiger partial charge in [0.15, 0.2) is 11.9 Å². The molecule has 6 rings (SSSR count). The van der Waals surface area contributed by atoms with Gasteiger partial charge in [-0.15, -0.1) is 0 Å². The lowest BCUT2D eigenvalue weighted by atomic mass is 10.0. The van der Waals surface area contributed by atoms with E-state index in [2.05, 4.69) is 5.10 Å². The Morgan fingerprint density at radius 3 is 2.50 bits per heavy atom. The summed E-state index contributed by atoms with van der Waals surface area (Å²) in [5.74, 6) is 0.626. The molecule has 0 radical (unpaired) electrons. The zero-order valence-electron chi connectivity index (χ0n) is 21.9. The van der Waals surface area contributed by atoms with Gasteiger partial charge in [0.05, 0.1) is 23.7 Å². The predicted molar refractivity (Wildman–Crippen MR) is 155 cm³/mol. The van der Waals surface area contributed by atoms with Gasteiger partial charge in [-0.1, -0.05) is 60.7 Å². The first kappa shape index (κ1) is 25.1. The van der Waals surface area contributed by atoms with Gasteiger partial charge in [0.1, 0.15) is 11.3 Å². The number of ether oxygens (including phenoxy) is 2. The van der Waals surface area contributed by atoms with Crippen LogP contribution in [0.3, 0.4) is 0 Å². The van der Waals surface area contributed by atoms with Gasteiger partial charge < -0.3 is 13.9 Å². The number of hydrogen-bond donors (Lipinski definition) is 0. The van der Waals surface area contributed by atoms with Gasteiger partial charge >= 0.3 is 5.97 Å². The third-order valence-electron chi connectivity index (χ3n) is 6.55. The van der Waals surface area contributed by atoms with Crippen LogP contribution in [0, 0.1) is 0 Å². The van der Waals surface area contributed by atoms with Crippen LogP contribution < -0.4 is 10.3 Å². The van der Waals surface area contributed by atoms with E-state index in [0.717, 1.165) is 16.2 Å². The van der Waals surface area contributed by atoms with Crippen LogP contribution >= 0.6 is 0 Å². The van der Waals surface area contributed by atoms with E-state index in [9.17, 15) is 9.59 Å². The van der Waals surface area contributed by atoms with Gasteiger partial charge in [0, 0.05) is 10.9 Å². The average Bonchev–Trinajstić information content (AvgIpc) is 3.41. The molecule has 0 aliphatic rings. The molecular formula is C32H25N3O5. The van der Waals surface area contributed by atoms with Gasteiger partial charge in [-0.05, 0) is 55.0 Å². The van der Waals surface area contributed by atoms with E-state index in [1.807, 2.05) is 66.7 Å². The van der Waals surface area contributed by atoms with Crippen molar-refractivity contribution < 1.29 is 18.7 Å². The van der Waals surface area contributed by atoms with Crippen molar-refractivity contribution in [2.75, 3.05) is 6.61 Å².